The van der Waals surface area contributed by atoms with E-state index >= 15 is 0 Å². The van der Waals surface area contributed by atoms with Crippen molar-refractivity contribution in [1.82, 2.24) is 0 Å². The minimum atomic E-state index is 0.0318. The molecule has 0 spiro atoms. The number of unbranched alkanes of at least 4 members (excludes halogenated alkanes) is 6. The highest BCUT2D eigenvalue weighted by Gasteiger charge is 2.08. The molecule has 0 atom stereocenters. The van der Waals surface area contributed by atoms with E-state index in [1.807, 2.05) is 0 Å². The van der Waals surface area contributed by atoms with E-state index in [1.165, 1.54) is 51.4 Å². The highest BCUT2D eigenvalue weighted by atomic mass is 16.5. The molecule has 0 heterocycles. The van der Waals surface area contributed by atoms with Crippen LogP contribution in [0, 0.1) is 0 Å². The fourth-order valence-electron chi connectivity index (χ4n) is 1.68. The molecular weight excluding hydrogens is 208 g/mol. The molecule has 102 valence electrons. The van der Waals surface area contributed by atoms with Crippen LogP contribution in [-0.4, -0.2) is 12.2 Å². The van der Waals surface area contributed by atoms with Crippen molar-refractivity contribution in [3.05, 3.63) is 12.2 Å². The predicted octanol–water partition coefficient (Wildman–Crippen LogP) is 5.50. The lowest BCUT2D eigenvalue weighted by atomic mass is 10.1. The van der Waals surface area contributed by atoms with Gasteiger partial charge in [-0.15, -0.1) is 0 Å². The molecule has 0 aromatic carbocycles. The van der Waals surface area contributed by atoms with Crippen molar-refractivity contribution in [1.29, 1.82) is 0 Å². The number of allylic oxidation sites excluding steroid dienone is 2. The summed E-state index contributed by atoms with van der Waals surface area (Å²) in [6.45, 7) is 9.50. The molecule has 1 nitrogen and oxygen atoms in total. The lowest BCUT2D eigenvalue weighted by Crippen LogP contribution is -2.19. The van der Waals surface area contributed by atoms with Gasteiger partial charge in [-0.25, -0.2) is 0 Å². The minimum absolute atomic E-state index is 0.0318. The lowest BCUT2D eigenvalue weighted by molar-refractivity contribution is -0.00474. The standard InChI is InChI=1S/C16H32O/c1-5-6-7-8-9-10-11-12-13-14-15-17-16(2,3)4/h7-8H,5-6,9-15H2,1-4H3/b8-7-. The Morgan fingerprint density at radius 2 is 1.41 bits per heavy atom. The van der Waals surface area contributed by atoms with Crippen LogP contribution in [-0.2, 0) is 4.74 Å². The summed E-state index contributed by atoms with van der Waals surface area (Å²) in [7, 11) is 0. The van der Waals surface area contributed by atoms with E-state index in [2.05, 4.69) is 39.8 Å². The molecule has 0 aliphatic heterocycles. The Morgan fingerprint density at radius 3 is 2.06 bits per heavy atom. The monoisotopic (exact) mass is 240 g/mol. The zero-order valence-corrected chi connectivity index (χ0v) is 12.4. The highest BCUT2D eigenvalue weighted by molar-refractivity contribution is 4.80. The summed E-state index contributed by atoms with van der Waals surface area (Å²) >= 11 is 0. The maximum atomic E-state index is 5.69. The first-order valence-electron chi connectivity index (χ1n) is 7.35. The van der Waals surface area contributed by atoms with Gasteiger partial charge in [0.1, 0.15) is 0 Å². The molecule has 0 radical (unpaired) electrons. The van der Waals surface area contributed by atoms with Gasteiger partial charge in [-0.3, -0.25) is 0 Å². The molecule has 0 fully saturated rings. The average molecular weight is 240 g/mol. The van der Waals surface area contributed by atoms with E-state index in [1.54, 1.807) is 0 Å². The van der Waals surface area contributed by atoms with Gasteiger partial charge in [-0.05, 0) is 46.5 Å². The van der Waals surface area contributed by atoms with E-state index < -0.39 is 0 Å². The molecule has 0 amide bonds. The second kappa shape index (κ2) is 10.8. The van der Waals surface area contributed by atoms with Crippen LogP contribution < -0.4 is 0 Å². The van der Waals surface area contributed by atoms with Gasteiger partial charge >= 0.3 is 0 Å². The molecule has 0 saturated carbocycles. The Morgan fingerprint density at radius 1 is 0.824 bits per heavy atom. The smallest absolute Gasteiger partial charge is 0.0598 e. The van der Waals surface area contributed by atoms with Crippen molar-refractivity contribution in [2.45, 2.75) is 84.7 Å². The molecule has 1 heteroatoms. The normalized spacial score (nSPS) is 12.5. The van der Waals surface area contributed by atoms with Gasteiger partial charge in [0.2, 0.25) is 0 Å². The summed E-state index contributed by atoms with van der Waals surface area (Å²) in [6, 6.07) is 0. The van der Waals surface area contributed by atoms with Crippen LogP contribution in [0.25, 0.3) is 0 Å². The van der Waals surface area contributed by atoms with Gasteiger partial charge in [0.15, 0.2) is 0 Å². The van der Waals surface area contributed by atoms with Crippen molar-refractivity contribution in [3.63, 3.8) is 0 Å². The molecule has 0 aliphatic rings. The molecule has 0 N–H and O–H groups in total. The van der Waals surface area contributed by atoms with E-state index in [4.69, 9.17) is 4.74 Å². The van der Waals surface area contributed by atoms with E-state index in [0.29, 0.717) is 0 Å². The molecule has 0 aliphatic carbocycles. The molecule has 0 unspecified atom stereocenters. The first kappa shape index (κ1) is 16.7. The van der Waals surface area contributed by atoms with Crippen LogP contribution in [0.3, 0.4) is 0 Å². The van der Waals surface area contributed by atoms with E-state index in [-0.39, 0.29) is 5.60 Å². The Bertz CT molecular complexity index is 176. The zero-order chi connectivity index (χ0) is 13.0. The van der Waals surface area contributed by atoms with Crippen molar-refractivity contribution < 1.29 is 4.74 Å². The van der Waals surface area contributed by atoms with Crippen LogP contribution in [0.2, 0.25) is 0 Å². The minimum Gasteiger partial charge on any atom is -0.376 e. The second-order valence-corrected chi connectivity index (χ2v) is 5.78. The average Bonchev–Trinajstić information content (AvgIpc) is 2.24. The summed E-state index contributed by atoms with van der Waals surface area (Å²) in [5.74, 6) is 0. The molecule has 0 rings (SSSR count). The Balaban J connectivity index is 3.09. The van der Waals surface area contributed by atoms with Gasteiger partial charge in [-0.2, -0.15) is 0 Å². The SMILES string of the molecule is CCC/C=C\CCCCCCCOC(C)(C)C. The third-order valence-corrected chi connectivity index (χ3v) is 2.67. The fourth-order valence-corrected chi connectivity index (χ4v) is 1.68. The number of hydrogen-bond donors (Lipinski definition) is 0. The third kappa shape index (κ3) is 15.7. The maximum Gasteiger partial charge on any atom is 0.0598 e. The molecule has 0 aromatic rings. The Labute approximate surface area is 109 Å². The summed E-state index contributed by atoms with van der Waals surface area (Å²) in [5, 5.41) is 0. The van der Waals surface area contributed by atoms with Gasteiger partial charge in [0.05, 0.1) is 5.60 Å². The Hall–Kier alpha value is -0.300. The quantitative estimate of drug-likeness (QED) is 0.362. The zero-order valence-electron chi connectivity index (χ0n) is 12.4. The van der Waals surface area contributed by atoms with E-state index in [0.717, 1.165) is 6.61 Å². The van der Waals surface area contributed by atoms with Gasteiger partial charge in [0.25, 0.3) is 0 Å². The van der Waals surface area contributed by atoms with Crippen molar-refractivity contribution in [3.8, 4) is 0 Å². The fraction of sp³-hybridized carbons (Fsp3) is 0.875. The first-order chi connectivity index (χ1) is 8.06. The molecule has 0 saturated heterocycles. The van der Waals surface area contributed by atoms with Crippen molar-refractivity contribution >= 4 is 0 Å². The largest absolute Gasteiger partial charge is 0.376 e. The van der Waals surface area contributed by atoms with Crippen LogP contribution in [0.1, 0.15) is 79.1 Å². The third-order valence-electron chi connectivity index (χ3n) is 2.67. The van der Waals surface area contributed by atoms with Crippen LogP contribution in [0.15, 0.2) is 12.2 Å². The first-order valence-corrected chi connectivity index (χ1v) is 7.35. The predicted molar refractivity (Wildman–Crippen MR) is 77.5 cm³/mol. The molecular formula is C16H32O. The van der Waals surface area contributed by atoms with Gasteiger partial charge in [-0.1, -0.05) is 44.8 Å². The van der Waals surface area contributed by atoms with Crippen LogP contribution in [0.4, 0.5) is 0 Å². The molecule has 0 aromatic heterocycles. The molecule has 0 bridgehead atoms. The van der Waals surface area contributed by atoms with E-state index in [9.17, 15) is 0 Å². The summed E-state index contributed by atoms with van der Waals surface area (Å²) in [4.78, 5) is 0. The lowest BCUT2D eigenvalue weighted by Gasteiger charge is -2.19. The summed E-state index contributed by atoms with van der Waals surface area (Å²) in [5.41, 5.74) is 0.0318. The number of hydrogen-bond acceptors (Lipinski definition) is 1. The number of ether oxygens (including phenoxy) is 1. The van der Waals surface area contributed by atoms with Crippen LogP contribution >= 0.6 is 0 Å². The van der Waals surface area contributed by atoms with Crippen molar-refractivity contribution in [2.75, 3.05) is 6.61 Å². The maximum absolute atomic E-state index is 5.69. The van der Waals surface area contributed by atoms with Gasteiger partial charge in [0, 0.05) is 6.61 Å². The Kier molecular flexibility index (Phi) is 10.6. The highest BCUT2D eigenvalue weighted by Crippen LogP contribution is 2.10. The summed E-state index contributed by atoms with van der Waals surface area (Å²) in [6.07, 6.45) is 15.0. The number of rotatable bonds is 10. The molecule has 17 heavy (non-hydrogen) atoms. The van der Waals surface area contributed by atoms with Gasteiger partial charge < -0.3 is 4.74 Å². The summed E-state index contributed by atoms with van der Waals surface area (Å²) < 4.78 is 5.69. The van der Waals surface area contributed by atoms with Crippen molar-refractivity contribution in [2.24, 2.45) is 0 Å². The topological polar surface area (TPSA) is 9.23 Å². The second-order valence-electron chi connectivity index (χ2n) is 5.78. The van der Waals surface area contributed by atoms with Crippen LogP contribution in [0.5, 0.6) is 0 Å².